The standard InChI is InChI=1S/C7H10BrN3O2S/c8-6-3-11(10-7(6)9)5-1-2-14(12,13)4-5/h3,5H,1-2,4H2,(H2,9,10). The highest BCUT2D eigenvalue weighted by molar-refractivity contribution is 9.10. The van der Waals surface area contributed by atoms with Crippen LogP contribution >= 0.6 is 15.9 Å². The van der Waals surface area contributed by atoms with E-state index >= 15 is 0 Å². The molecule has 2 rings (SSSR count). The van der Waals surface area contributed by atoms with Gasteiger partial charge in [-0.15, -0.1) is 0 Å². The second-order valence-electron chi connectivity index (χ2n) is 3.40. The number of aromatic nitrogens is 2. The SMILES string of the molecule is Nc1nn(C2CCS(=O)(=O)C2)cc1Br. The molecule has 0 radical (unpaired) electrons. The van der Waals surface area contributed by atoms with Gasteiger partial charge in [-0.2, -0.15) is 5.10 Å². The Morgan fingerprint density at radius 1 is 1.64 bits per heavy atom. The molecule has 5 nitrogen and oxygen atoms in total. The third-order valence-electron chi connectivity index (χ3n) is 2.30. The molecule has 1 saturated heterocycles. The Kier molecular flexibility index (Phi) is 2.30. The lowest BCUT2D eigenvalue weighted by Crippen LogP contribution is -2.11. The summed E-state index contributed by atoms with van der Waals surface area (Å²) in [6, 6.07) is -0.0615. The zero-order valence-corrected chi connectivity index (χ0v) is 9.75. The fraction of sp³-hybridized carbons (Fsp3) is 0.571. The largest absolute Gasteiger partial charge is 0.381 e. The molecule has 14 heavy (non-hydrogen) atoms. The van der Waals surface area contributed by atoms with E-state index in [9.17, 15) is 8.42 Å². The Balaban J connectivity index is 2.26. The summed E-state index contributed by atoms with van der Waals surface area (Å²) < 4.78 is 24.8. The summed E-state index contributed by atoms with van der Waals surface area (Å²) in [5.74, 6) is 0.810. The van der Waals surface area contributed by atoms with Crippen LogP contribution in [0.2, 0.25) is 0 Å². The van der Waals surface area contributed by atoms with Gasteiger partial charge in [0.25, 0.3) is 0 Å². The Hall–Kier alpha value is -0.560. The minimum Gasteiger partial charge on any atom is -0.381 e. The summed E-state index contributed by atoms with van der Waals surface area (Å²) in [5.41, 5.74) is 5.55. The van der Waals surface area contributed by atoms with E-state index in [1.54, 1.807) is 10.9 Å². The predicted octanol–water partition coefficient (Wildman–Crippen LogP) is 0.587. The van der Waals surface area contributed by atoms with E-state index in [4.69, 9.17) is 5.73 Å². The van der Waals surface area contributed by atoms with Gasteiger partial charge < -0.3 is 5.73 Å². The summed E-state index contributed by atoms with van der Waals surface area (Å²) in [7, 11) is -2.86. The van der Waals surface area contributed by atoms with E-state index < -0.39 is 9.84 Å². The van der Waals surface area contributed by atoms with Crippen LogP contribution in [0.15, 0.2) is 10.7 Å². The Morgan fingerprint density at radius 3 is 2.79 bits per heavy atom. The van der Waals surface area contributed by atoms with Crippen LogP contribution in [0.1, 0.15) is 12.5 Å². The molecule has 2 N–H and O–H groups in total. The van der Waals surface area contributed by atoms with Gasteiger partial charge in [-0.1, -0.05) is 0 Å². The molecule has 1 fully saturated rings. The zero-order chi connectivity index (χ0) is 10.3. The van der Waals surface area contributed by atoms with E-state index in [1.165, 1.54) is 0 Å². The maximum Gasteiger partial charge on any atom is 0.159 e. The molecule has 0 aliphatic carbocycles. The van der Waals surface area contributed by atoms with Crippen molar-refractivity contribution in [3.8, 4) is 0 Å². The van der Waals surface area contributed by atoms with Gasteiger partial charge in [0.1, 0.15) is 0 Å². The molecule has 0 saturated carbocycles. The van der Waals surface area contributed by atoms with Crippen molar-refractivity contribution in [2.45, 2.75) is 12.5 Å². The first kappa shape index (κ1) is 9.97. The highest BCUT2D eigenvalue weighted by atomic mass is 79.9. The van der Waals surface area contributed by atoms with E-state index in [2.05, 4.69) is 21.0 Å². The molecule has 0 aromatic carbocycles. The third kappa shape index (κ3) is 1.78. The predicted molar refractivity (Wildman–Crippen MR) is 56.6 cm³/mol. The van der Waals surface area contributed by atoms with Crippen LogP contribution in [0.5, 0.6) is 0 Å². The molecule has 7 heteroatoms. The lowest BCUT2D eigenvalue weighted by atomic mass is 10.3. The van der Waals surface area contributed by atoms with Crippen LogP contribution in [-0.2, 0) is 9.84 Å². The van der Waals surface area contributed by atoms with Crippen LogP contribution < -0.4 is 5.73 Å². The van der Waals surface area contributed by atoms with Gasteiger partial charge in [0.05, 0.1) is 22.0 Å². The van der Waals surface area contributed by atoms with E-state index in [-0.39, 0.29) is 17.5 Å². The van der Waals surface area contributed by atoms with Gasteiger partial charge in [-0.3, -0.25) is 4.68 Å². The van der Waals surface area contributed by atoms with E-state index in [1.807, 2.05) is 0 Å². The van der Waals surface area contributed by atoms with Crippen LogP contribution in [0.25, 0.3) is 0 Å². The number of sulfone groups is 1. The van der Waals surface area contributed by atoms with Crippen molar-refractivity contribution < 1.29 is 8.42 Å². The van der Waals surface area contributed by atoms with E-state index in [0.29, 0.717) is 16.7 Å². The average molecular weight is 280 g/mol. The van der Waals surface area contributed by atoms with Gasteiger partial charge in [-0.05, 0) is 22.4 Å². The average Bonchev–Trinajstić information content (AvgIpc) is 2.57. The first-order valence-electron chi connectivity index (χ1n) is 4.18. The number of hydrogen-bond donors (Lipinski definition) is 1. The topological polar surface area (TPSA) is 78.0 Å². The monoisotopic (exact) mass is 279 g/mol. The van der Waals surface area contributed by atoms with E-state index in [0.717, 1.165) is 0 Å². The van der Waals surface area contributed by atoms with Crippen LogP contribution in [0.3, 0.4) is 0 Å². The summed E-state index contributed by atoms with van der Waals surface area (Å²) in [6.45, 7) is 0. The van der Waals surface area contributed by atoms with Crippen LogP contribution in [0.4, 0.5) is 5.82 Å². The van der Waals surface area contributed by atoms with Crippen molar-refractivity contribution in [2.24, 2.45) is 0 Å². The molecule has 2 heterocycles. The highest BCUT2D eigenvalue weighted by Crippen LogP contribution is 2.26. The number of hydrogen-bond acceptors (Lipinski definition) is 4. The first-order valence-corrected chi connectivity index (χ1v) is 6.80. The molecule has 1 unspecified atom stereocenters. The summed E-state index contributed by atoms with van der Waals surface area (Å²) >= 11 is 3.23. The lowest BCUT2D eigenvalue weighted by Gasteiger charge is -2.06. The van der Waals surface area contributed by atoms with Crippen molar-refractivity contribution in [2.75, 3.05) is 17.2 Å². The maximum atomic E-state index is 11.2. The van der Waals surface area contributed by atoms with Crippen LogP contribution in [0, 0.1) is 0 Å². The number of nitrogen functional groups attached to an aromatic ring is 1. The molecule has 0 amide bonds. The molecule has 1 aromatic heterocycles. The lowest BCUT2D eigenvalue weighted by molar-refractivity contribution is 0.501. The quantitative estimate of drug-likeness (QED) is 0.816. The van der Waals surface area contributed by atoms with Crippen molar-refractivity contribution in [1.82, 2.24) is 9.78 Å². The number of halogens is 1. The first-order chi connectivity index (χ1) is 6.48. The fourth-order valence-electron chi connectivity index (χ4n) is 1.55. The second-order valence-corrected chi connectivity index (χ2v) is 6.48. The van der Waals surface area contributed by atoms with Gasteiger partial charge in [-0.25, -0.2) is 8.42 Å². The molecule has 1 atom stereocenters. The molecule has 0 spiro atoms. The Labute approximate surface area is 90.3 Å². The fourth-order valence-corrected chi connectivity index (χ4v) is 3.55. The highest BCUT2D eigenvalue weighted by Gasteiger charge is 2.29. The number of nitrogens with two attached hydrogens (primary N) is 1. The molecule has 1 aliphatic rings. The van der Waals surface area contributed by atoms with Gasteiger partial charge in [0.15, 0.2) is 15.7 Å². The molecular weight excluding hydrogens is 270 g/mol. The minimum absolute atomic E-state index is 0.0615. The third-order valence-corrected chi connectivity index (χ3v) is 4.66. The van der Waals surface area contributed by atoms with Gasteiger partial charge >= 0.3 is 0 Å². The van der Waals surface area contributed by atoms with Crippen molar-refractivity contribution >= 4 is 31.6 Å². The Morgan fingerprint density at radius 2 is 2.36 bits per heavy atom. The van der Waals surface area contributed by atoms with Gasteiger partial charge in [0, 0.05) is 6.20 Å². The van der Waals surface area contributed by atoms with Crippen molar-refractivity contribution in [3.63, 3.8) is 0 Å². The summed E-state index contributed by atoms with van der Waals surface area (Å²) in [5, 5.41) is 4.04. The van der Waals surface area contributed by atoms with Crippen LogP contribution in [-0.4, -0.2) is 29.7 Å². The minimum atomic E-state index is -2.86. The van der Waals surface area contributed by atoms with Gasteiger partial charge in [0.2, 0.25) is 0 Å². The maximum absolute atomic E-state index is 11.2. The molecule has 78 valence electrons. The molecule has 1 aliphatic heterocycles. The molecule has 1 aromatic rings. The summed E-state index contributed by atoms with van der Waals surface area (Å²) in [4.78, 5) is 0. The number of anilines is 1. The Bertz CT molecular complexity index is 434. The van der Waals surface area contributed by atoms with Crippen molar-refractivity contribution in [3.05, 3.63) is 10.7 Å². The second kappa shape index (κ2) is 3.23. The zero-order valence-electron chi connectivity index (χ0n) is 7.35. The summed E-state index contributed by atoms with van der Waals surface area (Å²) in [6.07, 6.45) is 2.34. The molecule has 0 bridgehead atoms. The smallest absolute Gasteiger partial charge is 0.159 e. The number of nitrogens with zero attached hydrogens (tertiary/aromatic N) is 2. The molecular formula is C7H10BrN3O2S. The number of rotatable bonds is 1. The normalized spacial score (nSPS) is 25.4. The van der Waals surface area contributed by atoms with Crippen molar-refractivity contribution in [1.29, 1.82) is 0 Å².